The monoisotopic (exact) mass is 259 g/mol. The van der Waals surface area contributed by atoms with E-state index in [1.807, 2.05) is 0 Å². The highest BCUT2D eigenvalue weighted by atomic mass is 16.5. The summed E-state index contributed by atoms with van der Waals surface area (Å²) in [6.07, 6.45) is 0. The van der Waals surface area contributed by atoms with Gasteiger partial charge in [0.2, 0.25) is 0 Å². The first kappa shape index (κ1) is 12.6. The summed E-state index contributed by atoms with van der Waals surface area (Å²) in [6, 6.07) is 6.38. The number of fused-ring (bicyclic) bond motifs is 1. The Morgan fingerprint density at radius 1 is 1.37 bits per heavy atom. The van der Waals surface area contributed by atoms with Gasteiger partial charge >= 0.3 is 0 Å². The van der Waals surface area contributed by atoms with Crippen LogP contribution in [0.1, 0.15) is 32.2 Å². The lowest BCUT2D eigenvalue weighted by Crippen LogP contribution is -2.52. The maximum absolute atomic E-state index is 5.91. The summed E-state index contributed by atoms with van der Waals surface area (Å²) in [7, 11) is 0. The second-order valence-corrected chi connectivity index (χ2v) is 6.54. The maximum Gasteiger partial charge on any atom is 0.112 e. The summed E-state index contributed by atoms with van der Waals surface area (Å²) >= 11 is 0. The van der Waals surface area contributed by atoms with Gasteiger partial charge in [0.05, 0.1) is 29.7 Å². The maximum atomic E-state index is 5.91. The minimum atomic E-state index is 0.00119. The van der Waals surface area contributed by atoms with Crippen LogP contribution in [0.2, 0.25) is 0 Å². The first-order chi connectivity index (χ1) is 8.94. The van der Waals surface area contributed by atoms with E-state index >= 15 is 0 Å². The number of aromatic amines is 1. The van der Waals surface area contributed by atoms with E-state index in [1.165, 1.54) is 5.56 Å². The Kier molecular flexibility index (Phi) is 2.69. The lowest BCUT2D eigenvalue weighted by molar-refractivity contribution is -0.0549. The van der Waals surface area contributed by atoms with Crippen LogP contribution in [0.5, 0.6) is 0 Å². The van der Waals surface area contributed by atoms with Crippen LogP contribution in [0.3, 0.4) is 0 Å². The Morgan fingerprint density at radius 2 is 2.11 bits per heavy atom. The van der Waals surface area contributed by atoms with Crippen LogP contribution >= 0.6 is 0 Å². The Bertz CT molecular complexity index is 600. The number of nitrogens with two attached hydrogens (primary N) is 1. The van der Waals surface area contributed by atoms with Gasteiger partial charge in [-0.1, -0.05) is 26.8 Å². The summed E-state index contributed by atoms with van der Waals surface area (Å²) in [6.45, 7) is 8.54. The molecule has 4 heteroatoms. The molecule has 1 aromatic carbocycles. The molecule has 0 atom stereocenters. The van der Waals surface area contributed by atoms with E-state index in [4.69, 9.17) is 10.5 Å². The fourth-order valence-electron chi connectivity index (χ4n) is 2.45. The fraction of sp³-hybridized carbons (Fsp3) is 0.533. The molecule has 0 bridgehead atoms. The van der Waals surface area contributed by atoms with Gasteiger partial charge in [0.15, 0.2) is 0 Å². The van der Waals surface area contributed by atoms with Crippen molar-refractivity contribution < 1.29 is 4.74 Å². The van der Waals surface area contributed by atoms with Crippen molar-refractivity contribution in [2.45, 2.75) is 31.6 Å². The Labute approximate surface area is 113 Å². The average Bonchev–Trinajstić information content (AvgIpc) is 2.71. The molecule has 0 amide bonds. The number of benzene rings is 1. The Morgan fingerprint density at radius 3 is 2.63 bits per heavy atom. The lowest BCUT2D eigenvalue weighted by Gasteiger charge is -2.41. The Balaban J connectivity index is 2.06. The molecular weight excluding hydrogens is 238 g/mol. The number of rotatable bonds is 2. The van der Waals surface area contributed by atoms with E-state index in [0.29, 0.717) is 6.54 Å². The molecule has 19 heavy (non-hydrogen) atoms. The third-order valence-corrected chi connectivity index (χ3v) is 3.95. The van der Waals surface area contributed by atoms with Gasteiger partial charge in [0.25, 0.3) is 0 Å². The van der Waals surface area contributed by atoms with Crippen LogP contribution < -0.4 is 5.73 Å². The molecule has 1 aromatic heterocycles. The van der Waals surface area contributed by atoms with Crippen LogP contribution in [-0.4, -0.2) is 29.7 Å². The SMILES string of the molecule is CC(C)(C)c1nc2ccc(C3(CN)COC3)cc2[nH]1. The van der Waals surface area contributed by atoms with E-state index in [9.17, 15) is 0 Å². The molecule has 4 nitrogen and oxygen atoms in total. The van der Waals surface area contributed by atoms with Crippen LogP contribution in [-0.2, 0) is 15.6 Å². The molecule has 1 aliphatic rings. The van der Waals surface area contributed by atoms with E-state index in [1.54, 1.807) is 0 Å². The van der Waals surface area contributed by atoms with Gasteiger partial charge in [-0.25, -0.2) is 4.98 Å². The van der Waals surface area contributed by atoms with Crippen molar-refractivity contribution in [2.24, 2.45) is 5.73 Å². The number of hydrogen-bond donors (Lipinski definition) is 2. The highest BCUT2D eigenvalue weighted by Gasteiger charge is 2.39. The van der Waals surface area contributed by atoms with Gasteiger partial charge in [0, 0.05) is 12.0 Å². The van der Waals surface area contributed by atoms with Gasteiger partial charge in [-0.2, -0.15) is 0 Å². The van der Waals surface area contributed by atoms with Crippen LogP contribution in [0.15, 0.2) is 18.2 Å². The molecular formula is C15H21N3O. The molecule has 0 radical (unpaired) electrons. The van der Waals surface area contributed by atoms with Gasteiger partial charge < -0.3 is 15.5 Å². The normalized spacial score (nSPS) is 18.5. The molecule has 0 unspecified atom stereocenters. The van der Waals surface area contributed by atoms with Gasteiger partial charge in [-0.05, 0) is 17.7 Å². The second kappa shape index (κ2) is 4.05. The van der Waals surface area contributed by atoms with Crippen molar-refractivity contribution in [1.29, 1.82) is 0 Å². The third kappa shape index (κ3) is 1.95. The molecule has 2 heterocycles. The number of aromatic nitrogens is 2. The zero-order chi connectivity index (χ0) is 13.7. The van der Waals surface area contributed by atoms with E-state index < -0.39 is 0 Å². The third-order valence-electron chi connectivity index (χ3n) is 3.95. The van der Waals surface area contributed by atoms with Gasteiger partial charge in [-0.3, -0.25) is 0 Å². The minimum Gasteiger partial charge on any atom is -0.379 e. The van der Waals surface area contributed by atoms with Crippen molar-refractivity contribution in [1.82, 2.24) is 9.97 Å². The number of hydrogen-bond acceptors (Lipinski definition) is 3. The minimum absolute atomic E-state index is 0.00119. The summed E-state index contributed by atoms with van der Waals surface area (Å²) in [5.41, 5.74) is 9.30. The summed E-state index contributed by atoms with van der Waals surface area (Å²) < 4.78 is 5.35. The van der Waals surface area contributed by atoms with Crippen molar-refractivity contribution in [3.05, 3.63) is 29.6 Å². The number of ether oxygens (including phenoxy) is 1. The molecule has 1 aliphatic heterocycles. The van der Waals surface area contributed by atoms with Gasteiger partial charge in [-0.15, -0.1) is 0 Å². The molecule has 102 valence electrons. The fourth-order valence-corrected chi connectivity index (χ4v) is 2.45. The smallest absolute Gasteiger partial charge is 0.112 e. The topological polar surface area (TPSA) is 63.9 Å². The number of nitrogens with zero attached hydrogens (tertiary/aromatic N) is 1. The molecule has 3 N–H and O–H groups in total. The summed E-state index contributed by atoms with van der Waals surface area (Å²) in [5.74, 6) is 1.02. The van der Waals surface area contributed by atoms with E-state index in [0.717, 1.165) is 30.1 Å². The predicted molar refractivity (Wildman–Crippen MR) is 76.3 cm³/mol. The summed E-state index contributed by atoms with van der Waals surface area (Å²) in [4.78, 5) is 8.09. The van der Waals surface area contributed by atoms with Crippen molar-refractivity contribution in [3.8, 4) is 0 Å². The van der Waals surface area contributed by atoms with Crippen molar-refractivity contribution in [3.63, 3.8) is 0 Å². The zero-order valence-electron chi connectivity index (χ0n) is 11.8. The molecule has 3 rings (SSSR count). The largest absolute Gasteiger partial charge is 0.379 e. The predicted octanol–water partition coefficient (Wildman–Crippen LogP) is 2.09. The van der Waals surface area contributed by atoms with E-state index in [-0.39, 0.29) is 10.8 Å². The molecule has 2 aromatic rings. The summed E-state index contributed by atoms with van der Waals surface area (Å²) in [5, 5.41) is 0. The van der Waals surface area contributed by atoms with Gasteiger partial charge in [0.1, 0.15) is 5.82 Å². The average molecular weight is 259 g/mol. The van der Waals surface area contributed by atoms with Crippen LogP contribution in [0.4, 0.5) is 0 Å². The number of H-pyrrole nitrogens is 1. The highest BCUT2D eigenvalue weighted by Crippen LogP contribution is 2.33. The van der Waals surface area contributed by atoms with Crippen LogP contribution in [0, 0.1) is 0 Å². The number of nitrogens with one attached hydrogen (secondary N) is 1. The molecule has 0 saturated carbocycles. The highest BCUT2D eigenvalue weighted by molar-refractivity contribution is 5.76. The quantitative estimate of drug-likeness (QED) is 0.868. The molecule has 1 fully saturated rings. The second-order valence-electron chi connectivity index (χ2n) is 6.54. The first-order valence-electron chi connectivity index (χ1n) is 6.73. The molecule has 0 aliphatic carbocycles. The standard InChI is InChI=1S/C15H21N3O/c1-14(2,3)13-17-11-5-4-10(6-12(11)18-13)15(7-16)8-19-9-15/h4-6H,7-9,16H2,1-3H3,(H,17,18). The first-order valence-corrected chi connectivity index (χ1v) is 6.73. The Hall–Kier alpha value is -1.39. The van der Waals surface area contributed by atoms with Crippen LogP contribution in [0.25, 0.3) is 11.0 Å². The lowest BCUT2D eigenvalue weighted by atomic mass is 9.78. The molecule has 1 saturated heterocycles. The zero-order valence-corrected chi connectivity index (χ0v) is 11.8. The van der Waals surface area contributed by atoms with Crippen molar-refractivity contribution in [2.75, 3.05) is 19.8 Å². The van der Waals surface area contributed by atoms with E-state index in [2.05, 4.69) is 48.9 Å². The molecule has 0 spiro atoms. The number of imidazole rings is 1. The van der Waals surface area contributed by atoms with Crippen molar-refractivity contribution >= 4 is 11.0 Å².